The van der Waals surface area contributed by atoms with Crippen LogP contribution in [0.1, 0.15) is 145 Å². The van der Waals surface area contributed by atoms with Crippen LogP contribution in [0.25, 0.3) is 0 Å². The number of amides is 6. The van der Waals surface area contributed by atoms with E-state index in [4.69, 9.17) is 33.2 Å². The number of alkyl carbamates (subject to hydrolysis) is 4. The Hall–Kier alpha value is -8.44. The summed E-state index contributed by atoms with van der Waals surface area (Å²) in [6, 6.07) is 15.3. The van der Waals surface area contributed by atoms with E-state index in [2.05, 4.69) is 31.9 Å². The standard InChI is InChI=1S/C53H70N6O18/c1-50(2,3)74-46(67)56-27-38(28-57-47(68)75-51(4,5)6)72-43(64)34-19-13-31(14-20-34)40(60)54-25-37(71-45(66)36-23-17-33(18-24-36)42(62)63)26-55-41(61)32-15-21-35(22-16-32)44(65)73-39(29-58-48(69)76-52(7,8)9)30-59-49(70)77-53(10,11)12/h13-24,37-39H,25-30H2,1-12H3,(H,54,60)(H,55,61)(H,56,67)(H,57,68)(H,58,69)(H,59,70)(H,62,63). The average Bonchev–Trinajstić information content (AvgIpc) is 3.31. The summed E-state index contributed by atoms with van der Waals surface area (Å²) < 4.78 is 37.8. The molecule has 6 amide bonds. The lowest BCUT2D eigenvalue weighted by Crippen LogP contribution is -2.44. The fourth-order valence-electron chi connectivity index (χ4n) is 6.05. The van der Waals surface area contributed by atoms with E-state index in [9.17, 15) is 53.1 Å². The largest absolute Gasteiger partial charge is 0.478 e. The lowest BCUT2D eigenvalue weighted by Gasteiger charge is -2.23. The van der Waals surface area contributed by atoms with Gasteiger partial charge in [-0.3, -0.25) is 9.59 Å². The van der Waals surface area contributed by atoms with Crippen LogP contribution < -0.4 is 31.9 Å². The van der Waals surface area contributed by atoms with Crippen molar-refractivity contribution in [2.24, 2.45) is 0 Å². The first-order valence-electron chi connectivity index (χ1n) is 24.3. The minimum Gasteiger partial charge on any atom is -0.478 e. The molecule has 0 aromatic heterocycles. The van der Waals surface area contributed by atoms with Crippen molar-refractivity contribution in [2.45, 2.75) is 124 Å². The number of carboxylic acid groups (broad SMARTS) is 1. The van der Waals surface area contributed by atoms with Gasteiger partial charge in [0.25, 0.3) is 11.8 Å². The zero-order chi connectivity index (χ0) is 57.9. The number of ether oxygens (including phenoxy) is 7. The van der Waals surface area contributed by atoms with Crippen molar-refractivity contribution in [3.05, 3.63) is 106 Å². The van der Waals surface area contributed by atoms with E-state index in [0.717, 1.165) is 0 Å². The van der Waals surface area contributed by atoms with Crippen LogP contribution in [-0.2, 0) is 33.2 Å². The first-order valence-corrected chi connectivity index (χ1v) is 24.3. The number of carbonyl (C=O) groups is 10. The summed E-state index contributed by atoms with van der Waals surface area (Å²) in [4.78, 5) is 127. The molecule has 0 unspecified atom stereocenters. The third kappa shape index (κ3) is 25.1. The molecular formula is C53H70N6O18. The molecule has 0 atom stereocenters. The summed E-state index contributed by atoms with van der Waals surface area (Å²) in [7, 11) is 0. The van der Waals surface area contributed by atoms with Crippen molar-refractivity contribution in [1.82, 2.24) is 31.9 Å². The Morgan fingerprint density at radius 1 is 0.338 bits per heavy atom. The molecule has 0 aliphatic rings. The molecule has 420 valence electrons. The Morgan fingerprint density at radius 3 is 0.740 bits per heavy atom. The van der Waals surface area contributed by atoms with E-state index >= 15 is 0 Å². The number of esters is 3. The molecule has 0 saturated carbocycles. The summed E-state index contributed by atoms with van der Waals surface area (Å²) in [5.41, 5.74) is -3.29. The van der Waals surface area contributed by atoms with Crippen LogP contribution >= 0.6 is 0 Å². The van der Waals surface area contributed by atoms with Gasteiger partial charge in [-0.25, -0.2) is 38.4 Å². The second-order valence-corrected chi connectivity index (χ2v) is 21.1. The fourth-order valence-corrected chi connectivity index (χ4v) is 6.05. The van der Waals surface area contributed by atoms with Gasteiger partial charge >= 0.3 is 48.3 Å². The Kier molecular flexibility index (Phi) is 22.8. The van der Waals surface area contributed by atoms with Crippen molar-refractivity contribution < 1.29 is 86.2 Å². The lowest BCUT2D eigenvalue weighted by molar-refractivity contribution is 0.0221. The van der Waals surface area contributed by atoms with Crippen LogP contribution in [0.15, 0.2) is 72.8 Å². The van der Waals surface area contributed by atoms with Crippen LogP contribution in [0.2, 0.25) is 0 Å². The summed E-state index contributed by atoms with van der Waals surface area (Å²) in [5.74, 6) is -5.24. The molecule has 0 spiro atoms. The van der Waals surface area contributed by atoms with Crippen molar-refractivity contribution in [3.63, 3.8) is 0 Å². The van der Waals surface area contributed by atoms with E-state index in [0.29, 0.717) is 0 Å². The normalized spacial score (nSPS) is 11.6. The molecule has 24 heteroatoms. The van der Waals surface area contributed by atoms with Crippen molar-refractivity contribution in [2.75, 3.05) is 39.3 Å². The average molecular weight is 1080 g/mol. The van der Waals surface area contributed by atoms with Gasteiger partial charge in [-0.05, 0) is 156 Å². The first-order chi connectivity index (χ1) is 35.6. The maximum atomic E-state index is 13.4. The number of hydrogen-bond donors (Lipinski definition) is 7. The molecule has 24 nitrogen and oxygen atoms in total. The highest BCUT2D eigenvalue weighted by Crippen LogP contribution is 2.14. The molecule has 3 rings (SSSR count). The molecule has 77 heavy (non-hydrogen) atoms. The zero-order valence-corrected chi connectivity index (χ0v) is 45.3. The molecule has 0 fully saturated rings. The summed E-state index contributed by atoms with van der Waals surface area (Å²) in [5, 5.41) is 24.5. The highest BCUT2D eigenvalue weighted by atomic mass is 16.6. The summed E-state index contributed by atoms with van der Waals surface area (Å²) >= 11 is 0. The molecule has 0 bridgehead atoms. The van der Waals surface area contributed by atoms with E-state index in [1.807, 2.05) is 0 Å². The van der Waals surface area contributed by atoms with Gasteiger partial charge in [-0.2, -0.15) is 0 Å². The second kappa shape index (κ2) is 27.9. The Bertz CT molecular complexity index is 2350. The second-order valence-electron chi connectivity index (χ2n) is 21.1. The monoisotopic (exact) mass is 1080 g/mol. The number of hydrogen-bond acceptors (Lipinski definition) is 17. The van der Waals surface area contributed by atoms with Crippen LogP contribution in [-0.4, -0.2) is 145 Å². The lowest BCUT2D eigenvalue weighted by atomic mass is 10.1. The van der Waals surface area contributed by atoms with Gasteiger partial charge in [0.1, 0.15) is 40.7 Å². The van der Waals surface area contributed by atoms with E-state index in [1.165, 1.54) is 72.8 Å². The molecule has 3 aromatic carbocycles. The number of benzene rings is 3. The Morgan fingerprint density at radius 2 is 0.532 bits per heavy atom. The van der Waals surface area contributed by atoms with Gasteiger partial charge in [0.2, 0.25) is 0 Å². The SMILES string of the molecule is CC(C)(C)OC(=O)NCC(CNC(=O)OC(C)(C)C)OC(=O)c1ccc(C(=O)NCC(CNC(=O)c2ccc(C(=O)OC(CNC(=O)OC(C)(C)C)CNC(=O)OC(C)(C)C)cc2)OC(=O)c2ccc(C(=O)O)cc2)cc1. The minimum atomic E-state index is -1.23. The fraction of sp³-hybridized carbons (Fsp3) is 0.472. The molecule has 0 saturated heterocycles. The molecule has 0 heterocycles. The molecule has 0 aliphatic heterocycles. The number of carbonyl (C=O) groups excluding carboxylic acids is 9. The predicted octanol–water partition coefficient (Wildman–Crippen LogP) is 5.92. The van der Waals surface area contributed by atoms with E-state index < -0.39 is 101 Å². The highest BCUT2D eigenvalue weighted by molar-refractivity contribution is 5.98. The number of rotatable bonds is 21. The maximum absolute atomic E-state index is 13.4. The van der Waals surface area contributed by atoms with Crippen molar-refractivity contribution in [1.29, 1.82) is 0 Å². The summed E-state index contributed by atoms with van der Waals surface area (Å²) in [6.07, 6.45) is -6.57. The Labute approximate surface area is 446 Å². The summed E-state index contributed by atoms with van der Waals surface area (Å²) in [6.45, 7) is 18.3. The van der Waals surface area contributed by atoms with Crippen molar-refractivity contribution >= 4 is 60.1 Å². The molecule has 0 radical (unpaired) electrons. The number of aromatic carboxylic acids is 1. The Balaban J connectivity index is 1.73. The van der Waals surface area contributed by atoms with Crippen LogP contribution in [0.3, 0.4) is 0 Å². The van der Waals surface area contributed by atoms with Gasteiger partial charge in [0.15, 0.2) is 0 Å². The van der Waals surface area contributed by atoms with Crippen LogP contribution in [0.4, 0.5) is 19.2 Å². The van der Waals surface area contributed by atoms with E-state index in [-0.39, 0.29) is 72.6 Å². The predicted molar refractivity (Wildman–Crippen MR) is 276 cm³/mol. The quantitative estimate of drug-likeness (QED) is 0.0481. The van der Waals surface area contributed by atoms with Gasteiger partial charge in [0, 0.05) is 11.1 Å². The van der Waals surface area contributed by atoms with Gasteiger partial charge < -0.3 is 70.2 Å². The molecule has 7 N–H and O–H groups in total. The molecule has 3 aromatic rings. The van der Waals surface area contributed by atoms with Crippen LogP contribution in [0.5, 0.6) is 0 Å². The van der Waals surface area contributed by atoms with E-state index in [1.54, 1.807) is 83.1 Å². The topological polar surface area (TPSA) is 328 Å². The van der Waals surface area contributed by atoms with Crippen molar-refractivity contribution in [3.8, 4) is 0 Å². The number of carboxylic acids is 1. The van der Waals surface area contributed by atoms with Gasteiger partial charge in [-0.1, -0.05) is 0 Å². The minimum absolute atomic E-state index is 0.00109. The smallest absolute Gasteiger partial charge is 0.407 e. The van der Waals surface area contributed by atoms with Gasteiger partial charge in [0.05, 0.1) is 61.5 Å². The van der Waals surface area contributed by atoms with Gasteiger partial charge in [-0.15, -0.1) is 0 Å². The highest BCUT2D eigenvalue weighted by Gasteiger charge is 2.26. The first kappa shape index (κ1) is 62.9. The zero-order valence-electron chi connectivity index (χ0n) is 45.3. The maximum Gasteiger partial charge on any atom is 0.407 e. The number of nitrogens with one attached hydrogen (secondary N) is 6. The molecule has 0 aliphatic carbocycles. The third-order valence-corrected chi connectivity index (χ3v) is 9.43. The third-order valence-electron chi connectivity index (χ3n) is 9.43. The molecular weight excluding hydrogens is 1010 g/mol. The van der Waals surface area contributed by atoms with Crippen LogP contribution in [0, 0.1) is 0 Å².